The molecule has 118 valence electrons. The molecule has 1 atom stereocenters. The molecule has 0 saturated heterocycles. The molecule has 0 fully saturated rings. The van der Waals surface area contributed by atoms with Crippen LogP contribution in [0.25, 0.3) is 10.6 Å². The van der Waals surface area contributed by atoms with E-state index < -0.39 is 11.6 Å². The number of nitrogens with one attached hydrogen (secondary N) is 2. The summed E-state index contributed by atoms with van der Waals surface area (Å²) in [6.45, 7) is 5.66. The van der Waals surface area contributed by atoms with E-state index >= 15 is 0 Å². The smallest absolute Gasteiger partial charge is 0.321 e. The van der Waals surface area contributed by atoms with Crippen molar-refractivity contribution >= 4 is 22.5 Å². The number of carbonyl (C=O) groups excluding carboxylic acids is 1. The first kappa shape index (κ1) is 16.4. The molecule has 0 aliphatic carbocycles. The van der Waals surface area contributed by atoms with Gasteiger partial charge in [0, 0.05) is 12.1 Å². The monoisotopic (exact) mass is 320 g/mol. The lowest BCUT2D eigenvalue weighted by molar-refractivity contribution is 0.0170. The summed E-state index contributed by atoms with van der Waals surface area (Å²) < 4.78 is 0. The molecule has 1 heterocycles. The zero-order valence-electron chi connectivity index (χ0n) is 12.8. The fourth-order valence-electron chi connectivity index (χ4n) is 1.58. The van der Waals surface area contributed by atoms with E-state index in [-0.39, 0.29) is 12.5 Å². The number of aliphatic hydroxyl groups is 1. The van der Waals surface area contributed by atoms with Crippen LogP contribution in [0.4, 0.5) is 9.93 Å². The maximum Gasteiger partial charge on any atom is 0.321 e. The van der Waals surface area contributed by atoms with Crippen molar-refractivity contribution in [1.82, 2.24) is 15.5 Å². The Balaban J connectivity index is 1.92. The summed E-state index contributed by atoms with van der Waals surface area (Å²) in [7, 11) is 0. The van der Waals surface area contributed by atoms with Crippen molar-refractivity contribution < 1.29 is 9.90 Å². The number of aromatic nitrogens is 2. The first-order valence-electron chi connectivity index (χ1n) is 7.04. The van der Waals surface area contributed by atoms with Crippen LogP contribution in [-0.4, -0.2) is 33.5 Å². The zero-order chi connectivity index (χ0) is 16.2. The van der Waals surface area contributed by atoms with Gasteiger partial charge in [0.15, 0.2) is 0 Å². The maximum absolute atomic E-state index is 11.8. The minimum atomic E-state index is -0.951. The third-order valence-electron chi connectivity index (χ3n) is 3.52. The molecule has 0 saturated carbocycles. The number of rotatable bonds is 5. The van der Waals surface area contributed by atoms with Gasteiger partial charge in [-0.3, -0.25) is 5.32 Å². The Hall–Kier alpha value is -1.99. The minimum absolute atomic E-state index is 0.0408. The van der Waals surface area contributed by atoms with Gasteiger partial charge < -0.3 is 10.4 Å². The highest BCUT2D eigenvalue weighted by Crippen LogP contribution is 2.25. The molecule has 0 radical (unpaired) electrons. The van der Waals surface area contributed by atoms with Crippen LogP contribution >= 0.6 is 11.3 Å². The second kappa shape index (κ2) is 6.85. The fraction of sp³-hybridized carbons (Fsp3) is 0.400. The Bertz CT molecular complexity index is 625. The molecule has 1 unspecified atom stereocenters. The lowest BCUT2D eigenvalue weighted by Gasteiger charge is -2.27. The molecule has 2 rings (SSSR count). The molecule has 6 nitrogen and oxygen atoms in total. The molecule has 0 spiro atoms. The Morgan fingerprint density at radius 2 is 2.00 bits per heavy atom. The van der Waals surface area contributed by atoms with Crippen molar-refractivity contribution in [3.63, 3.8) is 0 Å². The van der Waals surface area contributed by atoms with E-state index in [9.17, 15) is 9.90 Å². The van der Waals surface area contributed by atoms with Gasteiger partial charge >= 0.3 is 6.03 Å². The van der Waals surface area contributed by atoms with E-state index in [0.717, 1.165) is 10.6 Å². The summed E-state index contributed by atoms with van der Waals surface area (Å²) in [5.41, 5.74) is 0.00409. The standard InChI is InChI=1S/C15H20N4O2S/c1-10(2)15(3,21)9-16-13(20)17-14-19-18-12(22-14)11-7-5-4-6-8-11/h4-8,10,21H,9H2,1-3H3,(H2,16,17,19,20). The second-order valence-electron chi connectivity index (χ2n) is 5.60. The number of benzene rings is 1. The van der Waals surface area contributed by atoms with E-state index in [4.69, 9.17) is 0 Å². The van der Waals surface area contributed by atoms with Gasteiger partial charge in [0.25, 0.3) is 0 Å². The molecular weight excluding hydrogens is 300 g/mol. The number of nitrogens with zero attached hydrogens (tertiary/aromatic N) is 2. The van der Waals surface area contributed by atoms with E-state index in [1.54, 1.807) is 6.92 Å². The van der Waals surface area contributed by atoms with E-state index in [0.29, 0.717) is 5.13 Å². The van der Waals surface area contributed by atoms with Crippen LogP contribution in [0.15, 0.2) is 30.3 Å². The third-order valence-corrected chi connectivity index (χ3v) is 4.40. The van der Waals surface area contributed by atoms with Gasteiger partial charge in [0.2, 0.25) is 5.13 Å². The molecular formula is C15H20N4O2S. The van der Waals surface area contributed by atoms with Crippen LogP contribution in [0.2, 0.25) is 0 Å². The van der Waals surface area contributed by atoms with Crippen LogP contribution < -0.4 is 10.6 Å². The molecule has 0 aliphatic heterocycles. The molecule has 1 aromatic heterocycles. The van der Waals surface area contributed by atoms with Gasteiger partial charge in [-0.1, -0.05) is 55.5 Å². The summed E-state index contributed by atoms with van der Waals surface area (Å²) in [6.07, 6.45) is 0. The van der Waals surface area contributed by atoms with Gasteiger partial charge in [-0.15, -0.1) is 10.2 Å². The van der Waals surface area contributed by atoms with Crippen LogP contribution in [0.1, 0.15) is 20.8 Å². The first-order valence-corrected chi connectivity index (χ1v) is 7.86. The van der Waals surface area contributed by atoms with Crippen molar-refractivity contribution in [1.29, 1.82) is 0 Å². The number of amides is 2. The minimum Gasteiger partial charge on any atom is -0.388 e. The van der Waals surface area contributed by atoms with Crippen molar-refractivity contribution in [3.05, 3.63) is 30.3 Å². The summed E-state index contributed by atoms with van der Waals surface area (Å²) in [5, 5.41) is 24.5. The third kappa shape index (κ3) is 4.25. The van der Waals surface area contributed by atoms with Gasteiger partial charge in [0.05, 0.1) is 5.60 Å². The predicted octanol–water partition coefficient (Wildman–Crippen LogP) is 2.73. The highest BCUT2D eigenvalue weighted by atomic mass is 32.1. The average Bonchev–Trinajstić information content (AvgIpc) is 2.94. The molecule has 1 aromatic carbocycles. The number of hydrogen-bond acceptors (Lipinski definition) is 5. The van der Waals surface area contributed by atoms with E-state index in [1.807, 2.05) is 44.2 Å². The van der Waals surface area contributed by atoms with Crippen LogP contribution in [0, 0.1) is 5.92 Å². The highest BCUT2D eigenvalue weighted by molar-refractivity contribution is 7.18. The normalized spacial score (nSPS) is 13.7. The largest absolute Gasteiger partial charge is 0.388 e. The Kier molecular flexibility index (Phi) is 5.10. The van der Waals surface area contributed by atoms with Crippen molar-refractivity contribution in [2.24, 2.45) is 5.92 Å². The van der Waals surface area contributed by atoms with Crippen LogP contribution in [-0.2, 0) is 0 Å². The molecule has 22 heavy (non-hydrogen) atoms. The Labute approximate surface area is 133 Å². The fourth-order valence-corrected chi connectivity index (χ4v) is 2.32. The van der Waals surface area contributed by atoms with Gasteiger partial charge in [-0.25, -0.2) is 4.79 Å². The zero-order valence-corrected chi connectivity index (χ0v) is 13.6. The summed E-state index contributed by atoms with van der Waals surface area (Å²) in [5.74, 6) is 0.0408. The van der Waals surface area contributed by atoms with Crippen LogP contribution in [0.3, 0.4) is 0 Å². The maximum atomic E-state index is 11.8. The van der Waals surface area contributed by atoms with Gasteiger partial charge in [-0.2, -0.15) is 0 Å². The molecule has 0 aliphatic rings. The first-order chi connectivity index (χ1) is 10.4. The average molecular weight is 320 g/mol. The topological polar surface area (TPSA) is 87.1 Å². The van der Waals surface area contributed by atoms with Crippen LogP contribution in [0.5, 0.6) is 0 Å². The highest BCUT2D eigenvalue weighted by Gasteiger charge is 2.25. The molecule has 2 aromatic rings. The Morgan fingerprint density at radius 1 is 1.32 bits per heavy atom. The summed E-state index contributed by atoms with van der Waals surface area (Å²) >= 11 is 1.30. The lowest BCUT2D eigenvalue weighted by atomic mass is 9.93. The second-order valence-corrected chi connectivity index (χ2v) is 6.58. The summed E-state index contributed by atoms with van der Waals surface area (Å²) in [4.78, 5) is 11.8. The van der Waals surface area contributed by atoms with E-state index in [1.165, 1.54) is 11.3 Å². The van der Waals surface area contributed by atoms with Crippen molar-refractivity contribution in [3.8, 4) is 10.6 Å². The molecule has 2 amide bonds. The van der Waals surface area contributed by atoms with Crippen molar-refractivity contribution in [2.45, 2.75) is 26.4 Å². The summed E-state index contributed by atoms with van der Waals surface area (Å²) in [6, 6.07) is 9.23. The van der Waals surface area contributed by atoms with Gasteiger partial charge in [-0.05, 0) is 12.8 Å². The molecule has 3 N–H and O–H groups in total. The van der Waals surface area contributed by atoms with E-state index in [2.05, 4.69) is 20.8 Å². The lowest BCUT2D eigenvalue weighted by Crippen LogP contribution is -2.45. The number of hydrogen-bond donors (Lipinski definition) is 3. The SMILES string of the molecule is CC(C)C(C)(O)CNC(=O)Nc1nnc(-c2ccccc2)s1. The predicted molar refractivity (Wildman–Crippen MR) is 87.8 cm³/mol. The van der Waals surface area contributed by atoms with Gasteiger partial charge in [0.1, 0.15) is 5.01 Å². The van der Waals surface area contributed by atoms with Crippen molar-refractivity contribution in [2.75, 3.05) is 11.9 Å². The number of carbonyl (C=O) groups is 1. The Morgan fingerprint density at radius 3 is 2.64 bits per heavy atom. The number of anilines is 1. The molecule has 0 bridgehead atoms. The number of urea groups is 1. The quantitative estimate of drug-likeness (QED) is 0.790. The molecule has 7 heteroatoms.